The van der Waals surface area contributed by atoms with Crippen LogP contribution in [0.5, 0.6) is 0 Å². The van der Waals surface area contributed by atoms with Crippen LogP contribution in [-0.4, -0.2) is 21.2 Å². The van der Waals surface area contributed by atoms with Crippen LogP contribution in [0.4, 0.5) is 15.8 Å². The summed E-state index contributed by atoms with van der Waals surface area (Å²) in [5, 5.41) is 15.4. The maximum absolute atomic E-state index is 13.2. The summed E-state index contributed by atoms with van der Waals surface area (Å²) in [4.78, 5) is 15.0. The lowest BCUT2D eigenvalue weighted by Crippen LogP contribution is -2.11. The molecule has 1 aromatic heterocycles. The number of carbonyl (C=O) groups is 1. The number of aryl methyl sites for hydroxylation is 1. The zero-order valence-corrected chi connectivity index (χ0v) is 9.98. The van der Waals surface area contributed by atoms with E-state index in [2.05, 4.69) is 15.5 Å². The van der Waals surface area contributed by atoms with Crippen LogP contribution in [0.3, 0.4) is 0 Å². The highest BCUT2D eigenvalue weighted by atomic mass is 19.1. The Morgan fingerprint density at radius 1 is 1.58 bits per heavy atom. The molecule has 2 rings (SSSR count). The van der Waals surface area contributed by atoms with E-state index in [0.717, 1.165) is 6.07 Å². The molecule has 0 bridgehead atoms. The minimum atomic E-state index is -1.32. The molecule has 0 saturated carbocycles. The molecule has 2 aromatic rings. The zero-order chi connectivity index (χ0) is 14.0. The number of hydrogen-bond acceptors (Lipinski definition) is 6. The largest absolute Gasteiger partial charge is 0.478 e. The monoisotopic (exact) mass is 266 g/mol. The smallest absolute Gasteiger partial charge is 0.340 e. The summed E-state index contributed by atoms with van der Waals surface area (Å²) in [6.07, 6.45) is 0. The Balaban J connectivity index is 2.25. The maximum Gasteiger partial charge on any atom is 0.340 e. The molecule has 1 heterocycles. The third-order valence-electron chi connectivity index (χ3n) is 2.41. The van der Waals surface area contributed by atoms with Crippen LogP contribution in [0.2, 0.25) is 0 Å². The highest BCUT2D eigenvalue weighted by molar-refractivity contribution is 6.00. The van der Waals surface area contributed by atoms with Gasteiger partial charge in [0.05, 0.1) is 17.9 Å². The predicted molar refractivity (Wildman–Crippen MR) is 64.1 cm³/mol. The minimum absolute atomic E-state index is 0.117. The van der Waals surface area contributed by atoms with E-state index in [9.17, 15) is 9.18 Å². The van der Waals surface area contributed by atoms with Crippen LogP contribution in [0.15, 0.2) is 16.7 Å². The van der Waals surface area contributed by atoms with Gasteiger partial charge in [0.1, 0.15) is 11.4 Å². The second kappa shape index (κ2) is 4.92. The fourth-order valence-electron chi connectivity index (χ4n) is 1.55. The van der Waals surface area contributed by atoms with Crippen LogP contribution in [0.25, 0.3) is 0 Å². The number of anilines is 2. The quantitative estimate of drug-likeness (QED) is 0.716. The summed E-state index contributed by atoms with van der Waals surface area (Å²) < 4.78 is 18.1. The van der Waals surface area contributed by atoms with Crippen molar-refractivity contribution in [2.75, 3.05) is 11.1 Å². The molecular weight excluding hydrogens is 255 g/mol. The number of benzene rings is 1. The van der Waals surface area contributed by atoms with Crippen molar-refractivity contribution < 1.29 is 18.8 Å². The number of aromatic nitrogens is 2. The summed E-state index contributed by atoms with van der Waals surface area (Å²) in [6.45, 7) is 1.78. The molecule has 0 aliphatic rings. The lowest BCUT2D eigenvalue weighted by molar-refractivity contribution is 0.0698. The summed E-state index contributed by atoms with van der Waals surface area (Å²) in [7, 11) is 0. The number of rotatable bonds is 4. The van der Waals surface area contributed by atoms with E-state index in [-0.39, 0.29) is 23.7 Å². The van der Waals surface area contributed by atoms with Gasteiger partial charge in [0.2, 0.25) is 5.89 Å². The van der Waals surface area contributed by atoms with Crippen LogP contribution in [0, 0.1) is 12.7 Å². The number of nitrogens with zero attached hydrogens (tertiary/aromatic N) is 2. The molecule has 0 radical (unpaired) electrons. The molecule has 0 fully saturated rings. The first kappa shape index (κ1) is 12.8. The van der Waals surface area contributed by atoms with Crippen molar-refractivity contribution in [1.29, 1.82) is 0 Å². The first-order valence-electron chi connectivity index (χ1n) is 5.33. The average Bonchev–Trinajstić information content (AvgIpc) is 2.76. The molecular formula is C11H11FN4O3. The number of carboxylic acid groups (broad SMARTS) is 1. The van der Waals surface area contributed by atoms with Gasteiger partial charge in [-0.2, -0.15) is 4.98 Å². The van der Waals surface area contributed by atoms with E-state index in [0.29, 0.717) is 5.82 Å². The standard InChI is InChI=1S/C11H11FN4O3/c1-5-15-8(19-16-5)4-14-7-3-2-6(12)10(13)9(7)11(17)18/h2-3,14H,4,13H2,1H3,(H,17,18). The fraction of sp³-hybridized carbons (Fsp3) is 0.182. The van der Waals surface area contributed by atoms with Crippen molar-refractivity contribution in [1.82, 2.24) is 10.1 Å². The summed E-state index contributed by atoms with van der Waals surface area (Å²) in [5.41, 5.74) is 4.85. The van der Waals surface area contributed by atoms with E-state index in [1.54, 1.807) is 6.92 Å². The molecule has 0 spiro atoms. The number of halogens is 1. The van der Waals surface area contributed by atoms with Gasteiger partial charge in [-0.05, 0) is 19.1 Å². The maximum atomic E-state index is 13.2. The molecule has 0 aliphatic heterocycles. The number of aromatic carboxylic acids is 1. The molecule has 0 aliphatic carbocycles. The Labute approximate surface area is 107 Å². The van der Waals surface area contributed by atoms with E-state index in [1.807, 2.05) is 0 Å². The number of nitrogen functional groups attached to an aromatic ring is 1. The number of nitrogens with two attached hydrogens (primary N) is 1. The SMILES string of the molecule is Cc1noc(CNc2ccc(F)c(N)c2C(=O)O)n1. The van der Waals surface area contributed by atoms with Gasteiger partial charge in [-0.25, -0.2) is 9.18 Å². The Hall–Kier alpha value is -2.64. The second-order valence-electron chi connectivity index (χ2n) is 3.78. The van der Waals surface area contributed by atoms with Crippen LogP contribution in [-0.2, 0) is 6.54 Å². The summed E-state index contributed by atoms with van der Waals surface area (Å²) in [5.74, 6) is -1.34. The van der Waals surface area contributed by atoms with Crippen molar-refractivity contribution in [2.45, 2.75) is 13.5 Å². The van der Waals surface area contributed by atoms with Crippen molar-refractivity contribution in [3.8, 4) is 0 Å². The molecule has 4 N–H and O–H groups in total. The lowest BCUT2D eigenvalue weighted by Gasteiger charge is -2.10. The minimum Gasteiger partial charge on any atom is -0.478 e. The Morgan fingerprint density at radius 2 is 2.32 bits per heavy atom. The second-order valence-corrected chi connectivity index (χ2v) is 3.78. The summed E-state index contributed by atoms with van der Waals surface area (Å²) >= 11 is 0. The van der Waals surface area contributed by atoms with Crippen molar-refractivity contribution in [2.24, 2.45) is 0 Å². The molecule has 0 atom stereocenters. The molecule has 19 heavy (non-hydrogen) atoms. The van der Waals surface area contributed by atoms with E-state index in [4.69, 9.17) is 15.4 Å². The Bertz CT molecular complexity index is 626. The zero-order valence-electron chi connectivity index (χ0n) is 9.98. The fourth-order valence-corrected chi connectivity index (χ4v) is 1.55. The Kier molecular flexibility index (Phi) is 3.32. The van der Waals surface area contributed by atoms with Crippen LogP contribution >= 0.6 is 0 Å². The number of nitrogens with one attached hydrogen (secondary N) is 1. The van der Waals surface area contributed by atoms with Gasteiger partial charge in [-0.15, -0.1) is 0 Å². The van der Waals surface area contributed by atoms with Gasteiger partial charge in [0.25, 0.3) is 0 Å². The molecule has 0 saturated heterocycles. The van der Waals surface area contributed by atoms with E-state index >= 15 is 0 Å². The first-order valence-corrected chi connectivity index (χ1v) is 5.33. The molecule has 1 aromatic carbocycles. The van der Waals surface area contributed by atoms with Gasteiger partial charge in [0.15, 0.2) is 5.82 Å². The van der Waals surface area contributed by atoms with E-state index in [1.165, 1.54) is 6.07 Å². The van der Waals surface area contributed by atoms with Crippen LogP contribution < -0.4 is 11.1 Å². The van der Waals surface area contributed by atoms with Crippen molar-refractivity contribution >= 4 is 17.3 Å². The highest BCUT2D eigenvalue weighted by Crippen LogP contribution is 2.25. The molecule has 8 heteroatoms. The topological polar surface area (TPSA) is 114 Å². The Morgan fingerprint density at radius 3 is 2.89 bits per heavy atom. The van der Waals surface area contributed by atoms with Crippen molar-refractivity contribution in [3.05, 3.63) is 35.2 Å². The lowest BCUT2D eigenvalue weighted by atomic mass is 10.1. The third kappa shape index (κ3) is 2.62. The summed E-state index contributed by atoms with van der Waals surface area (Å²) in [6, 6.07) is 2.38. The molecule has 100 valence electrons. The van der Waals surface area contributed by atoms with Gasteiger partial charge in [-0.1, -0.05) is 5.16 Å². The van der Waals surface area contributed by atoms with E-state index < -0.39 is 17.5 Å². The third-order valence-corrected chi connectivity index (χ3v) is 2.41. The van der Waals surface area contributed by atoms with Crippen molar-refractivity contribution in [3.63, 3.8) is 0 Å². The predicted octanol–water partition coefficient (Wildman–Crippen LogP) is 1.41. The number of carboxylic acids is 1. The van der Waals surface area contributed by atoms with Gasteiger partial charge >= 0.3 is 5.97 Å². The first-order chi connectivity index (χ1) is 8.99. The normalized spacial score (nSPS) is 10.4. The van der Waals surface area contributed by atoms with Gasteiger partial charge in [0, 0.05) is 0 Å². The molecule has 0 amide bonds. The average molecular weight is 266 g/mol. The highest BCUT2D eigenvalue weighted by Gasteiger charge is 2.17. The molecule has 7 nitrogen and oxygen atoms in total. The van der Waals surface area contributed by atoms with Gasteiger partial charge in [-0.3, -0.25) is 0 Å². The van der Waals surface area contributed by atoms with Crippen LogP contribution in [0.1, 0.15) is 22.1 Å². The number of hydrogen-bond donors (Lipinski definition) is 3. The molecule has 0 unspecified atom stereocenters. The van der Waals surface area contributed by atoms with Gasteiger partial charge < -0.3 is 20.7 Å².